The lowest BCUT2D eigenvalue weighted by atomic mass is 10.1. The van der Waals surface area contributed by atoms with E-state index in [9.17, 15) is 21.6 Å². The van der Waals surface area contributed by atoms with Crippen molar-refractivity contribution in [2.75, 3.05) is 24.9 Å². The van der Waals surface area contributed by atoms with Crippen LogP contribution < -0.4 is 9.46 Å². The average Bonchev–Trinajstić information content (AvgIpc) is 2.69. The Hall–Kier alpha value is -2.34. The second-order valence-corrected chi connectivity index (χ2v) is 10.4. The highest BCUT2D eigenvalue weighted by Gasteiger charge is 2.26. The van der Waals surface area contributed by atoms with Crippen molar-refractivity contribution in [2.45, 2.75) is 30.1 Å². The van der Waals surface area contributed by atoms with Gasteiger partial charge in [0, 0.05) is 13.1 Å². The SMILES string of the molecule is CCN(CC)S(=O)(=O)c1cc(NS(=O)(=O)c2cc(CC(=O)O)ccc2OC)ccc1Cl. The number of sulfonamides is 2. The number of carboxylic acids is 1. The molecule has 2 rings (SSSR count). The smallest absolute Gasteiger partial charge is 0.307 e. The minimum absolute atomic E-state index is 0.00610. The van der Waals surface area contributed by atoms with E-state index in [0.29, 0.717) is 0 Å². The number of anilines is 1. The summed E-state index contributed by atoms with van der Waals surface area (Å²) in [7, 11) is -6.89. The van der Waals surface area contributed by atoms with E-state index in [-0.39, 0.29) is 51.3 Å². The molecule has 0 atom stereocenters. The van der Waals surface area contributed by atoms with Crippen molar-refractivity contribution in [2.24, 2.45) is 0 Å². The second-order valence-electron chi connectivity index (χ2n) is 6.40. The lowest BCUT2D eigenvalue weighted by Gasteiger charge is -2.20. The third-order valence-electron chi connectivity index (χ3n) is 4.38. The first-order valence-electron chi connectivity index (χ1n) is 9.17. The van der Waals surface area contributed by atoms with Crippen LogP contribution in [0.4, 0.5) is 5.69 Å². The Morgan fingerprint density at radius 3 is 2.26 bits per heavy atom. The maximum atomic E-state index is 13.0. The average molecular weight is 491 g/mol. The number of methoxy groups -OCH3 is 1. The fourth-order valence-electron chi connectivity index (χ4n) is 2.89. The Bertz CT molecular complexity index is 1180. The van der Waals surface area contributed by atoms with E-state index in [2.05, 4.69) is 4.72 Å². The maximum absolute atomic E-state index is 13.0. The number of rotatable bonds is 10. The first kappa shape index (κ1) is 24.9. The maximum Gasteiger partial charge on any atom is 0.307 e. The number of benzene rings is 2. The summed E-state index contributed by atoms with van der Waals surface area (Å²) in [6.07, 6.45) is -0.375. The molecule has 0 aliphatic carbocycles. The molecular formula is C19H23ClN2O7S2. The summed E-state index contributed by atoms with van der Waals surface area (Å²) in [6, 6.07) is 7.75. The zero-order chi connectivity index (χ0) is 23.4. The summed E-state index contributed by atoms with van der Waals surface area (Å²) in [5.41, 5.74) is 0.232. The van der Waals surface area contributed by atoms with Crippen LogP contribution in [0.2, 0.25) is 5.02 Å². The Balaban J connectivity index is 2.50. The largest absolute Gasteiger partial charge is 0.495 e. The molecular weight excluding hydrogens is 468 g/mol. The van der Waals surface area contributed by atoms with E-state index in [1.165, 1.54) is 41.7 Å². The number of halogens is 1. The molecule has 9 nitrogen and oxygen atoms in total. The molecule has 0 bridgehead atoms. The Morgan fingerprint density at radius 2 is 1.71 bits per heavy atom. The van der Waals surface area contributed by atoms with Crippen LogP contribution in [0.1, 0.15) is 19.4 Å². The number of carbonyl (C=O) groups is 1. The number of nitrogens with one attached hydrogen (secondary N) is 1. The van der Waals surface area contributed by atoms with Gasteiger partial charge in [-0.1, -0.05) is 31.5 Å². The van der Waals surface area contributed by atoms with E-state index in [4.69, 9.17) is 21.4 Å². The van der Waals surface area contributed by atoms with Gasteiger partial charge >= 0.3 is 5.97 Å². The van der Waals surface area contributed by atoms with Crippen molar-refractivity contribution in [3.05, 3.63) is 47.0 Å². The third-order valence-corrected chi connectivity index (χ3v) is 8.31. The monoisotopic (exact) mass is 490 g/mol. The molecule has 2 aromatic rings. The van der Waals surface area contributed by atoms with Gasteiger partial charge in [0.2, 0.25) is 10.0 Å². The Kier molecular flexibility index (Phi) is 7.93. The van der Waals surface area contributed by atoms with Crippen LogP contribution in [0.5, 0.6) is 5.75 Å². The van der Waals surface area contributed by atoms with Gasteiger partial charge in [-0.25, -0.2) is 16.8 Å². The topological polar surface area (TPSA) is 130 Å². The van der Waals surface area contributed by atoms with Crippen molar-refractivity contribution in [1.29, 1.82) is 0 Å². The molecule has 0 fully saturated rings. The number of carboxylic acid groups (broad SMARTS) is 1. The van der Waals surface area contributed by atoms with Crippen LogP contribution >= 0.6 is 11.6 Å². The molecule has 0 radical (unpaired) electrons. The number of ether oxygens (including phenoxy) is 1. The fraction of sp³-hybridized carbons (Fsp3) is 0.316. The third kappa shape index (κ3) is 5.67. The van der Waals surface area contributed by atoms with Crippen molar-refractivity contribution >= 4 is 43.3 Å². The lowest BCUT2D eigenvalue weighted by molar-refractivity contribution is -0.136. The predicted octanol–water partition coefficient (Wildman–Crippen LogP) is 2.81. The van der Waals surface area contributed by atoms with Gasteiger partial charge in [0.1, 0.15) is 15.5 Å². The Labute approximate surface area is 186 Å². The summed E-state index contributed by atoms with van der Waals surface area (Å²) in [5, 5.41) is 8.93. The minimum Gasteiger partial charge on any atom is -0.495 e. The zero-order valence-electron chi connectivity index (χ0n) is 17.1. The summed E-state index contributed by atoms with van der Waals surface area (Å²) in [6.45, 7) is 3.80. The zero-order valence-corrected chi connectivity index (χ0v) is 19.5. The lowest BCUT2D eigenvalue weighted by Crippen LogP contribution is -2.30. The van der Waals surface area contributed by atoms with E-state index < -0.39 is 26.0 Å². The van der Waals surface area contributed by atoms with Crippen molar-refractivity contribution in [3.63, 3.8) is 0 Å². The van der Waals surface area contributed by atoms with Gasteiger partial charge in [0.15, 0.2) is 0 Å². The highest BCUT2D eigenvalue weighted by Crippen LogP contribution is 2.31. The molecule has 0 amide bonds. The molecule has 170 valence electrons. The van der Waals surface area contributed by atoms with Crippen LogP contribution in [-0.2, 0) is 31.3 Å². The molecule has 12 heteroatoms. The number of hydrogen-bond donors (Lipinski definition) is 2. The molecule has 0 spiro atoms. The van der Waals surface area contributed by atoms with Gasteiger partial charge < -0.3 is 9.84 Å². The molecule has 0 aliphatic rings. The van der Waals surface area contributed by atoms with Crippen LogP contribution in [0.3, 0.4) is 0 Å². The molecule has 0 saturated heterocycles. The normalized spacial score (nSPS) is 12.0. The molecule has 0 heterocycles. The summed E-state index contributed by atoms with van der Waals surface area (Å²) >= 11 is 6.09. The Morgan fingerprint density at radius 1 is 1.06 bits per heavy atom. The van der Waals surface area contributed by atoms with Gasteiger partial charge in [0.25, 0.3) is 10.0 Å². The van der Waals surface area contributed by atoms with Crippen LogP contribution in [0, 0.1) is 0 Å². The molecule has 0 aromatic heterocycles. The highest BCUT2D eigenvalue weighted by atomic mass is 35.5. The number of hydrogen-bond acceptors (Lipinski definition) is 6. The van der Waals surface area contributed by atoms with E-state index in [1.54, 1.807) is 13.8 Å². The van der Waals surface area contributed by atoms with E-state index in [0.717, 1.165) is 6.07 Å². The molecule has 31 heavy (non-hydrogen) atoms. The predicted molar refractivity (Wildman–Crippen MR) is 117 cm³/mol. The first-order chi connectivity index (χ1) is 14.5. The van der Waals surface area contributed by atoms with E-state index in [1.807, 2.05) is 0 Å². The van der Waals surface area contributed by atoms with Gasteiger partial charge in [0.05, 0.1) is 24.2 Å². The quantitative estimate of drug-likeness (QED) is 0.523. The van der Waals surface area contributed by atoms with Gasteiger partial charge in [-0.2, -0.15) is 4.31 Å². The minimum atomic E-state index is -4.24. The first-order valence-corrected chi connectivity index (χ1v) is 12.5. The van der Waals surface area contributed by atoms with Crippen LogP contribution in [0.25, 0.3) is 0 Å². The van der Waals surface area contributed by atoms with Crippen molar-refractivity contribution in [3.8, 4) is 5.75 Å². The summed E-state index contributed by atoms with van der Waals surface area (Å²) in [4.78, 5) is 10.5. The van der Waals surface area contributed by atoms with Crippen LogP contribution in [0.15, 0.2) is 46.2 Å². The van der Waals surface area contributed by atoms with Gasteiger partial charge in [-0.15, -0.1) is 0 Å². The van der Waals surface area contributed by atoms with Crippen LogP contribution in [-0.4, -0.2) is 52.4 Å². The van der Waals surface area contributed by atoms with E-state index >= 15 is 0 Å². The standard InChI is InChI=1S/C19H23ClN2O7S2/c1-4-22(5-2)31(27,28)17-12-14(7-8-15(17)20)21-30(25,26)18-10-13(11-19(23)24)6-9-16(18)29-3/h6-10,12,21H,4-5,11H2,1-3H3,(H,23,24). The second kappa shape index (κ2) is 9.86. The molecule has 0 unspecified atom stereocenters. The number of aliphatic carboxylic acids is 1. The summed E-state index contributed by atoms with van der Waals surface area (Å²) < 4.78 is 60.2. The van der Waals surface area contributed by atoms with Crippen molar-refractivity contribution < 1.29 is 31.5 Å². The van der Waals surface area contributed by atoms with Crippen molar-refractivity contribution in [1.82, 2.24) is 4.31 Å². The molecule has 0 aliphatic heterocycles. The fourth-order valence-corrected chi connectivity index (χ4v) is 6.12. The molecule has 2 N–H and O–H groups in total. The number of nitrogens with zero attached hydrogens (tertiary/aromatic N) is 1. The van der Waals surface area contributed by atoms with Gasteiger partial charge in [-0.05, 0) is 35.9 Å². The summed E-state index contributed by atoms with van der Waals surface area (Å²) in [5.74, 6) is -1.11. The highest BCUT2D eigenvalue weighted by molar-refractivity contribution is 7.92. The molecule has 2 aromatic carbocycles. The molecule has 0 saturated carbocycles. The van der Waals surface area contributed by atoms with Gasteiger partial charge in [-0.3, -0.25) is 9.52 Å².